The number of hydrogen-bond donors (Lipinski definition) is 0. The van der Waals surface area contributed by atoms with Crippen LogP contribution in [0.25, 0.3) is 21.9 Å². The van der Waals surface area contributed by atoms with Gasteiger partial charge < -0.3 is 9.30 Å². The van der Waals surface area contributed by atoms with Crippen molar-refractivity contribution in [1.29, 1.82) is 5.26 Å². The second kappa shape index (κ2) is 7.38. The summed E-state index contributed by atoms with van der Waals surface area (Å²) in [4.78, 5) is 9.61. The molecule has 5 nitrogen and oxygen atoms in total. The molecule has 1 aromatic carbocycles. The van der Waals surface area contributed by atoms with Crippen LogP contribution in [-0.2, 0) is 4.74 Å². The highest BCUT2D eigenvalue weighted by atomic mass is 19.1. The van der Waals surface area contributed by atoms with Gasteiger partial charge >= 0.3 is 0 Å². The van der Waals surface area contributed by atoms with Crippen LogP contribution in [0.2, 0.25) is 0 Å². The molecular weight excluding hydrogens is 367 g/mol. The highest BCUT2D eigenvalue weighted by molar-refractivity contribution is 6.03. The van der Waals surface area contributed by atoms with Gasteiger partial charge in [0.25, 0.3) is 0 Å². The van der Waals surface area contributed by atoms with Crippen molar-refractivity contribution in [2.45, 2.75) is 69.7 Å². The topological polar surface area (TPSA) is 63.7 Å². The highest BCUT2D eigenvalue weighted by Crippen LogP contribution is 2.40. The van der Waals surface area contributed by atoms with Crippen molar-refractivity contribution in [3.8, 4) is 6.07 Å². The van der Waals surface area contributed by atoms with Gasteiger partial charge in [-0.25, -0.2) is 9.37 Å². The summed E-state index contributed by atoms with van der Waals surface area (Å²) in [6.07, 6.45) is 6.09. The number of pyridine rings is 1. The molecule has 0 spiro atoms. The molecule has 2 aromatic heterocycles. The third-order valence-corrected chi connectivity index (χ3v) is 6.52. The zero-order valence-electron chi connectivity index (χ0n) is 16.6. The maximum atomic E-state index is 13.8. The molecule has 1 aliphatic heterocycles. The van der Waals surface area contributed by atoms with Gasteiger partial charge in [0.2, 0.25) is 0 Å². The molecule has 0 unspecified atom stereocenters. The van der Waals surface area contributed by atoms with E-state index in [4.69, 9.17) is 9.72 Å². The first-order valence-electron chi connectivity index (χ1n) is 10.6. The summed E-state index contributed by atoms with van der Waals surface area (Å²) in [5.74, 6) is 1.32. The summed E-state index contributed by atoms with van der Waals surface area (Å²) in [5.41, 5.74) is 3.42. The average Bonchev–Trinajstić information content (AvgIpc) is 3.14. The van der Waals surface area contributed by atoms with E-state index in [1.165, 1.54) is 0 Å². The van der Waals surface area contributed by atoms with Gasteiger partial charge in [-0.1, -0.05) is 0 Å². The van der Waals surface area contributed by atoms with E-state index in [9.17, 15) is 9.65 Å². The predicted octanol–water partition coefficient (Wildman–Crippen LogP) is 5.19. The third kappa shape index (κ3) is 3.28. The molecule has 6 heteroatoms. The minimum atomic E-state index is -0.687. The fourth-order valence-corrected chi connectivity index (χ4v) is 5.04. The zero-order chi connectivity index (χ0) is 20.0. The molecule has 3 heterocycles. The molecule has 5 rings (SSSR count). The van der Waals surface area contributed by atoms with Crippen molar-refractivity contribution in [1.82, 2.24) is 14.5 Å². The van der Waals surface area contributed by atoms with Gasteiger partial charge in [-0.05, 0) is 63.6 Å². The molecule has 0 radical (unpaired) electrons. The van der Waals surface area contributed by atoms with E-state index >= 15 is 0 Å². The third-order valence-electron chi connectivity index (χ3n) is 6.52. The lowest BCUT2D eigenvalue weighted by Crippen LogP contribution is -2.28. The Balaban J connectivity index is 1.74. The Bertz CT molecular complexity index is 1090. The molecule has 2 fully saturated rings. The van der Waals surface area contributed by atoms with Gasteiger partial charge in [0.05, 0.1) is 35.0 Å². The van der Waals surface area contributed by atoms with E-state index < -0.39 is 6.17 Å². The molecule has 0 bridgehead atoms. The summed E-state index contributed by atoms with van der Waals surface area (Å²) in [5, 5.41) is 10.4. The van der Waals surface area contributed by atoms with Gasteiger partial charge in [-0.15, -0.1) is 0 Å². The highest BCUT2D eigenvalue weighted by Gasteiger charge is 2.31. The van der Waals surface area contributed by atoms with Crippen LogP contribution in [0.5, 0.6) is 0 Å². The smallest absolute Gasteiger partial charge is 0.113 e. The molecular formula is C23H25FN4O. The number of benzene rings is 1. The maximum Gasteiger partial charge on any atom is 0.113 e. The molecule has 3 aromatic rings. The first-order valence-corrected chi connectivity index (χ1v) is 10.6. The monoisotopic (exact) mass is 392 g/mol. The number of fused-ring (bicyclic) bond motifs is 3. The molecule has 1 saturated carbocycles. The van der Waals surface area contributed by atoms with Gasteiger partial charge in [-0.2, -0.15) is 5.26 Å². The molecule has 2 aliphatic rings. The number of halogens is 1. The van der Waals surface area contributed by atoms with E-state index in [2.05, 4.69) is 22.5 Å². The van der Waals surface area contributed by atoms with Gasteiger partial charge in [-0.3, -0.25) is 4.98 Å². The number of aromatic nitrogens is 3. The standard InChI is InChI=1S/C23H25FN4O/c1-14-10-18(8-9-29-14)28-22-19-11-15(12-25)2-7-20(19)26-13-21(22)27-23(28)16-3-5-17(24)6-4-16/h2,7,11,13-14,16-18H,3-6,8-10H2,1H3/t14-,16?,17?,18-/m1/s1. The number of rotatable bonds is 2. The summed E-state index contributed by atoms with van der Waals surface area (Å²) in [6.45, 7) is 2.85. The van der Waals surface area contributed by atoms with Crippen LogP contribution in [0, 0.1) is 11.3 Å². The molecule has 0 N–H and O–H groups in total. The molecule has 0 amide bonds. The van der Waals surface area contributed by atoms with Crippen LogP contribution in [0.3, 0.4) is 0 Å². The normalized spacial score (nSPS) is 27.9. The van der Waals surface area contributed by atoms with Gasteiger partial charge in [0.15, 0.2) is 0 Å². The van der Waals surface area contributed by atoms with E-state index in [1.54, 1.807) is 0 Å². The lowest BCUT2D eigenvalue weighted by Gasteiger charge is -2.32. The van der Waals surface area contributed by atoms with Crippen molar-refractivity contribution >= 4 is 21.9 Å². The van der Waals surface area contributed by atoms with Crippen molar-refractivity contribution in [2.75, 3.05) is 6.61 Å². The SMILES string of the molecule is C[C@@H]1C[C@H](n2c(C3CCC(F)CC3)nc3cnc4ccc(C#N)cc4c32)CCO1. The summed E-state index contributed by atoms with van der Waals surface area (Å²) in [7, 11) is 0. The predicted molar refractivity (Wildman–Crippen MR) is 110 cm³/mol. The Hall–Kier alpha value is -2.52. The molecule has 2 atom stereocenters. The summed E-state index contributed by atoms with van der Waals surface area (Å²) >= 11 is 0. The van der Waals surface area contributed by atoms with Gasteiger partial charge in [0, 0.05) is 24.0 Å². The Morgan fingerprint density at radius 1 is 1.17 bits per heavy atom. The van der Waals surface area contributed by atoms with E-state index in [0.29, 0.717) is 18.4 Å². The van der Waals surface area contributed by atoms with E-state index in [-0.39, 0.29) is 18.1 Å². The number of nitriles is 1. The van der Waals surface area contributed by atoms with Crippen molar-refractivity contribution in [3.05, 3.63) is 35.8 Å². The van der Waals surface area contributed by atoms with E-state index in [0.717, 1.165) is 60.1 Å². The second-order valence-electron chi connectivity index (χ2n) is 8.48. The number of imidazole rings is 1. The quantitative estimate of drug-likeness (QED) is 0.602. The number of nitrogens with zero attached hydrogens (tertiary/aromatic N) is 4. The number of alkyl halides is 1. The average molecular weight is 392 g/mol. The summed E-state index contributed by atoms with van der Waals surface area (Å²) < 4.78 is 22.0. The zero-order valence-corrected chi connectivity index (χ0v) is 16.6. The Kier molecular flexibility index (Phi) is 4.71. The Morgan fingerprint density at radius 3 is 2.76 bits per heavy atom. The van der Waals surface area contributed by atoms with Crippen molar-refractivity contribution in [2.24, 2.45) is 0 Å². The lowest BCUT2D eigenvalue weighted by molar-refractivity contribution is 0.00591. The number of ether oxygens (including phenoxy) is 1. The van der Waals surface area contributed by atoms with Crippen LogP contribution in [0.15, 0.2) is 24.4 Å². The lowest BCUT2D eigenvalue weighted by atomic mass is 9.87. The molecule has 1 aliphatic carbocycles. The minimum Gasteiger partial charge on any atom is -0.378 e. The van der Waals surface area contributed by atoms with Crippen molar-refractivity contribution < 1.29 is 9.13 Å². The van der Waals surface area contributed by atoms with Crippen LogP contribution in [0.4, 0.5) is 4.39 Å². The van der Waals surface area contributed by atoms with Crippen molar-refractivity contribution in [3.63, 3.8) is 0 Å². The van der Waals surface area contributed by atoms with Crippen LogP contribution < -0.4 is 0 Å². The fourth-order valence-electron chi connectivity index (χ4n) is 5.04. The van der Waals surface area contributed by atoms with Crippen LogP contribution >= 0.6 is 0 Å². The molecule has 29 heavy (non-hydrogen) atoms. The van der Waals surface area contributed by atoms with Gasteiger partial charge in [0.1, 0.15) is 17.5 Å². The maximum absolute atomic E-state index is 13.8. The molecule has 1 saturated heterocycles. The van der Waals surface area contributed by atoms with Crippen LogP contribution in [-0.4, -0.2) is 33.4 Å². The van der Waals surface area contributed by atoms with E-state index in [1.807, 2.05) is 24.4 Å². The summed E-state index contributed by atoms with van der Waals surface area (Å²) in [6, 6.07) is 8.18. The largest absolute Gasteiger partial charge is 0.378 e. The molecule has 150 valence electrons. The Morgan fingerprint density at radius 2 is 2.00 bits per heavy atom. The van der Waals surface area contributed by atoms with Crippen LogP contribution in [0.1, 0.15) is 68.8 Å². The fraction of sp³-hybridized carbons (Fsp3) is 0.522. The first-order chi connectivity index (χ1) is 14.1. The minimum absolute atomic E-state index is 0.198. The first kappa shape index (κ1) is 18.5. The Labute approximate surface area is 169 Å². The second-order valence-corrected chi connectivity index (χ2v) is 8.48. The number of hydrogen-bond acceptors (Lipinski definition) is 4.